The molecule has 0 unspecified atom stereocenters. The van der Waals surface area contributed by atoms with E-state index >= 15 is 4.39 Å². The van der Waals surface area contributed by atoms with Crippen molar-refractivity contribution in [3.63, 3.8) is 0 Å². The van der Waals surface area contributed by atoms with Crippen molar-refractivity contribution in [2.24, 2.45) is 0 Å². The zero-order chi connectivity index (χ0) is 26.0. The van der Waals surface area contributed by atoms with Crippen LogP contribution < -0.4 is 4.90 Å². The Morgan fingerprint density at radius 1 is 0.973 bits per heavy atom. The van der Waals surface area contributed by atoms with Crippen LogP contribution in [0.1, 0.15) is 66.1 Å². The summed E-state index contributed by atoms with van der Waals surface area (Å²) in [5, 5.41) is 3.57. The molecular formula is C28H29F4N3O2. The predicted molar refractivity (Wildman–Crippen MR) is 131 cm³/mol. The highest BCUT2D eigenvalue weighted by molar-refractivity contribution is 6.04. The summed E-state index contributed by atoms with van der Waals surface area (Å²) in [4.78, 5) is 17.1. The van der Waals surface area contributed by atoms with Crippen molar-refractivity contribution in [3.8, 4) is 0 Å². The minimum atomic E-state index is -4.68. The number of alkyl halides is 3. The van der Waals surface area contributed by atoms with E-state index < -0.39 is 23.5 Å². The van der Waals surface area contributed by atoms with Crippen LogP contribution in [0.2, 0.25) is 0 Å². The van der Waals surface area contributed by atoms with Crippen molar-refractivity contribution in [2.75, 3.05) is 18.0 Å². The van der Waals surface area contributed by atoms with E-state index in [1.807, 2.05) is 6.07 Å². The summed E-state index contributed by atoms with van der Waals surface area (Å²) in [5.74, 6) is -1.36. The molecule has 1 amide bonds. The maximum atomic E-state index is 15.0. The number of hydrogen-bond donors (Lipinski definition) is 0. The number of nitrogens with zero attached hydrogens (tertiary/aromatic N) is 3. The van der Waals surface area contributed by atoms with Crippen molar-refractivity contribution >= 4 is 11.6 Å². The van der Waals surface area contributed by atoms with Gasteiger partial charge in [-0.25, -0.2) is 4.39 Å². The Morgan fingerprint density at radius 2 is 1.70 bits per heavy atom. The molecule has 5 nitrogen and oxygen atoms in total. The highest BCUT2D eigenvalue weighted by Gasteiger charge is 2.38. The van der Waals surface area contributed by atoms with E-state index in [1.165, 1.54) is 35.6 Å². The Kier molecular flexibility index (Phi) is 7.33. The van der Waals surface area contributed by atoms with E-state index in [1.54, 1.807) is 0 Å². The van der Waals surface area contributed by atoms with Crippen LogP contribution in [0.5, 0.6) is 0 Å². The van der Waals surface area contributed by atoms with Gasteiger partial charge in [-0.2, -0.15) is 13.2 Å². The fourth-order valence-electron chi connectivity index (χ4n) is 5.91. The van der Waals surface area contributed by atoms with Crippen LogP contribution in [0.15, 0.2) is 65.3 Å². The zero-order valence-corrected chi connectivity index (χ0v) is 20.3. The molecule has 5 rings (SSSR count). The molecule has 0 spiro atoms. The molecule has 0 N–H and O–H groups in total. The molecule has 1 aliphatic heterocycles. The van der Waals surface area contributed by atoms with E-state index in [2.05, 4.69) is 34.3 Å². The van der Waals surface area contributed by atoms with Crippen molar-refractivity contribution in [1.82, 2.24) is 10.1 Å². The molecule has 2 aromatic carbocycles. The summed E-state index contributed by atoms with van der Waals surface area (Å²) in [6, 6.07) is 14.2. The Balaban J connectivity index is 1.37. The van der Waals surface area contributed by atoms with Crippen LogP contribution in [0, 0.1) is 5.82 Å². The minimum absolute atomic E-state index is 0.0850. The molecule has 1 saturated heterocycles. The number of aromatic nitrogens is 1. The van der Waals surface area contributed by atoms with Crippen LogP contribution in [-0.4, -0.2) is 41.1 Å². The Labute approximate surface area is 213 Å². The molecule has 3 aromatic rings. The van der Waals surface area contributed by atoms with E-state index in [9.17, 15) is 18.0 Å². The van der Waals surface area contributed by atoms with Crippen LogP contribution in [-0.2, 0) is 6.18 Å². The van der Waals surface area contributed by atoms with E-state index in [0.29, 0.717) is 44.0 Å². The third kappa shape index (κ3) is 5.42. The summed E-state index contributed by atoms with van der Waals surface area (Å²) in [7, 11) is 0. The first kappa shape index (κ1) is 25.4. The van der Waals surface area contributed by atoms with Crippen LogP contribution in [0.4, 0.5) is 23.2 Å². The lowest BCUT2D eigenvalue weighted by Gasteiger charge is -2.45. The van der Waals surface area contributed by atoms with Gasteiger partial charge in [0, 0.05) is 31.2 Å². The topological polar surface area (TPSA) is 49.6 Å². The van der Waals surface area contributed by atoms with Gasteiger partial charge >= 0.3 is 6.18 Å². The summed E-state index contributed by atoms with van der Waals surface area (Å²) in [6.45, 7) is 1.42. The second kappa shape index (κ2) is 10.7. The molecular weight excluding hydrogens is 486 g/mol. The molecule has 2 atom stereocenters. The third-order valence-corrected chi connectivity index (χ3v) is 7.69. The molecule has 37 heavy (non-hydrogen) atoms. The smallest absolute Gasteiger partial charge is 0.351 e. The maximum absolute atomic E-state index is 15.0. The standard InChI is InChI=1S/C28H29F4N3O2/c29-23-18-20(28(30,31)32)10-11-25(23)35(27(36)26-12-15-33-37-26)21-13-16-34(17-14-21)24-9-5-4-8-22(24)19-6-2-1-3-7-19/h1-3,6-7,10-12,15,18,21-22,24H,4-5,8-9,13-14,16-17H2/t22-,24-/m0/s1. The minimum Gasteiger partial charge on any atom is -0.351 e. The molecule has 1 saturated carbocycles. The lowest BCUT2D eigenvalue weighted by Crippen LogP contribution is -2.52. The molecule has 2 heterocycles. The number of piperidine rings is 1. The van der Waals surface area contributed by atoms with Crippen molar-refractivity contribution in [1.29, 1.82) is 0 Å². The molecule has 1 aliphatic carbocycles. The molecule has 1 aromatic heterocycles. The fourth-order valence-corrected chi connectivity index (χ4v) is 5.91. The Morgan fingerprint density at radius 3 is 2.35 bits per heavy atom. The number of rotatable bonds is 5. The van der Waals surface area contributed by atoms with Gasteiger partial charge in [0.2, 0.25) is 5.76 Å². The van der Waals surface area contributed by atoms with E-state index in [0.717, 1.165) is 25.0 Å². The molecule has 0 bridgehead atoms. The van der Waals surface area contributed by atoms with Gasteiger partial charge in [0.25, 0.3) is 5.91 Å². The predicted octanol–water partition coefficient (Wildman–Crippen LogP) is 6.67. The van der Waals surface area contributed by atoms with Crippen LogP contribution in [0.3, 0.4) is 0 Å². The van der Waals surface area contributed by atoms with Gasteiger partial charge in [0.15, 0.2) is 0 Å². The quantitative estimate of drug-likeness (QED) is 0.356. The highest BCUT2D eigenvalue weighted by Crippen LogP contribution is 2.39. The SMILES string of the molecule is O=C(c1ccno1)N(c1ccc(C(F)(F)F)cc1F)C1CCN([C@H]2CCCC[C@H]2c2ccccc2)CC1. The van der Waals surface area contributed by atoms with Gasteiger partial charge in [-0.1, -0.05) is 48.3 Å². The largest absolute Gasteiger partial charge is 0.416 e. The Bertz CT molecular complexity index is 1190. The highest BCUT2D eigenvalue weighted by atomic mass is 19.4. The maximum Gasteiger partial charge on any atom is 0.416 e. The van der Waals surface area contributed by atoms with Gasteiger partial charge in [-0.15, -0.1) is 0 Å². The first-order valence-electron chi connectivity index (χ1n) is 12.7. The molecule has 2 aliphatic rings. The molecule has 0 radical (unpaired) electrons. The lowest BCUT2D eigenvalue weighted by molar-refractivity contribution is -0.137. The van der Waals surface area contributed by atoms with Gasteiger partial charge in [0.1, 0.15) is 5.82 Å². The second-order valence-corrected chi connectivity index (χ2v) is 9.85. The molecule has 196 valence electrons. The fraction of sp³-hybridized carbons (Fsp3) is 0.429. The van der Waals surface area contributed by atoms with Crippen LogP contribution >= 0.6 is 0 Å². The van der Waals surface area contributed by atoms with Gasteiger partial charge in [-0.3, -0.25) is 14.6 Å². The van der Waals surface area contributed by atoms with Gasteiger partial charge < -0.3 is 4.52 Å². The van der Waals surface area contributed by atoms with E-state index in [-0.39, 0.29) is 17.5 Å². The number of anilines is 1. The number of likely N-dealkylation sites (tertiary alicyclic amines) is 1. The van der Waals surface area contributed by atoms with Crippen molar-refractivity contribution in [2.45, 2.75) is 62.7 Å². The lowest BCUT2D eigenvalue weighted by atomic mass is 9.78. The van der Waals surface area contributed by atoms with Crippen molar-refractivity contribution < 1.29 is 26.9 Å². The number of carbonyl (C=O) groups is 1. The number of carbonyl (C=O) groups excluding carboxylic acids is 1. The van der Waals surface area contributed by atoms with Gasteiger partial charge in [-0.05, 0) is 55.4 Å². The summed E-state index contributed by atoms with van der Waals surface area (Å²) in [6.07, 6.45) is 2.35. The number of halogens is 4. The summed E-state index contributed by atoms with van der Waals surface area (Å²) < 4.78 is 59.5. The molecule has 9 heteroatoms. The zero-order valence-electron chi connectivity index (χ0n) is 20.3. The summed E-state index contributed by atoms with van der Waals surface area (Å²) in [5.41, 5.74) is 0.0517. The van der Waals surface area contributed by atoms with Crippen molar-refractivity contribution in [3.05, 3.63) is 83.5 Å². The number of amides is 1. The monoisotopic (exact) mass is 515 g/mol. The normalized spacial score (nSPS) is 21.6. The first-order chi connectivity index (χ1) is 17.8. The van der Waals surface area contributed by atoms with Crippen LogP contribution in [0.25, 0.3) is 0 Å². The Hall–Kier alpha value is -3.20. The third-order valence-electron chi connectivity index (χ3n) is 7.69. The first-order valence-corrected chi connectivity index (χ1v) is 12.7. The van der Waals surface area contributed by atoms with Gasteiger partial charge in [0.05, 0.1) is 17.4 Å². The second-order valence-electron chi connectivity index (χ2n) is 9.85. The number of benzene rings is 2. The number of hydrogen-bond acceptors (Lipinski definition) is 4. The van der Waals surface area contributed by atoms with E-state index in [4.69, 9.17) is 4.52 Å². The average Bonchev–Trinajstić information content (AvgIpc) is 3.45. The summed E-state index contributed by atoms with van der Waals surface area (Å²) >= 11 is 0. The average molecular weight is 516 g/mol. The molecule has 2 fully saturated rings.